The van der Waals surface area contributed by atoms with Gasteiger partial charge in [0.1, 0.15) is 18.0 Å². The SMILES string of the molecule is Nc1cc(N2CCC(CCO)CC2)ncn1. The van der Waals surface area contributed by atoms with Crippen LogP contribution in [0.1, 0.15) is 19.3 Å². The minimum absolute atomic E-state index is 0.297. The highest BCUT2D eigenvalue weighted by Gasteiger charge is 2.19. The highest BCUT2D eigenvalue weighted by Crippen LogP contribution is 2.23. The van der Waals surface area contributed by atoms with E-state index in [1.807, 2.05) is 6.07 Å². The van der Waals surface area contributed by atoms with Gasteiger partial charge in [0.2, 0.25) is 0 Å². The van der Waals surface area contributed by atoms with Crippen molar-refractivity contribution in [3.8, 4) is 0 Å². The number of nitrogens with two attached hydrogens (primary N) is 1. The van der Waals surface area contributed by atoms with Crippen LogP contribution in [0.2, 0.25) is 0 Å². The molecule has 0 unspecified atom stereocenters. The van der Waals surface area contributed by atoms with Gasteiger partial charge in [0.25, 0.3) is 0 Å². The zero-order valence-corrected chi connectivity index (χ0v) is 9.34. The van der Waals surface area contributed by atoms with Gasteiger partial charge in [0, 0.05) is 25.8 Å². The molecular weight excluding hydrogens is 204 g/mol. The lowest BCUT2D eigenvalue weighted by molar-refractivity contribution is 0.240. The van der Waals surface area contributed by atoms with Crippen LogP contribution in [0.25, 0.3) is 0 Å². The number of aromatic nitrogens is 2. The maximum absolute atomic E-state index is 8.89. The molecule has 0 aromatic carbocycles. The molecule has 0 radical (unpaired) electrons. The van der Waals surface area contributed by atoms with Crippen LogP contribution < -0.4 is 10.6 Å². The molecule has 0 saturated carbocycles. The Bertz CT molecular complexity index is 337. The molecule has 5 nitrogen and oxygen atoms in total. The van der Waals surface area contributed by atoms with Crippen LogP contribution in [0.3, 0.4) is 0 Å². The number of hydrogen-bond donors (Lipinski definition) is 2. The topological polar surface area (TPSA) is 75.3 Å². The fourth-order valence-electron chi connectivity index (χ4n) is 2.17. The zero-order valence-electron chi connectivity index (χ0n) is 9.34. The Labute approximate surface area is 95.3 Å². The summed E-state index contributed by atoms with van der Waals surface area (Å²) in [7, 11) is 0. The van der Waals surface area contributed by atoms with Crippen LogP contribution in [0.5, 0.6) is 0 Å². The van der Waals surface area contributed by atoms with Gasteiger partial charge in [-0.3, -0.25) is 0 Å². The summed E-state index contributed by atoms with van der Waals surface area (Å²) >= 11 is 0. The zero-order chi connectivity index (χ0) is 11.4. The molecule has 88 valence electrons. The average Bonchev–Trinajstić information content (AvgIpc) is 2.30. The summed E-state index contributed by atoms with van der Waals surface area (Å²) in [6.07, 6.45) is 4.65. The first kappa shape index (κ1) is 11.1. The smallest absolute Gasteiger partial charge is 0.134 e. The van der Waals surface area contributed by atoms with Crippen molar-refractivity contribution in [3.05, 3.63) is 12.4 Å². The van der Waals surface area contributed by atoms with E-state index in [1.165, 1.54) is 6.33 Å². The summed E-state index contributed by atoms with van der Waals surface area (Å²) in [5, 5.41) is 8.89. The molecule has 0 atom stereocenters. The third-order valence-electron chi connectivity index (χ3n) is 3.15. The molecule has 1 aromatic heterocycles. The van der Waals surface area contributed by atoms with Crippen molar-refractivity contribution in [2.75, 3.05) is 30.3 Å². The molecule has 0 amide bonds. The molecule has 3 N–H and O–H groups in total. The molecule has 16 heavy (non-hydrogen) atoms. The van der Waals surface area contributed by atoms with Crippen molar-refractivity contribution in [2.45, 2.75) is 19.3 Å². The Morgan fingerprint density at radius 2 is 2.12 bits per heavy atom. The van der Waals surface area contributed by atoms with Gasteiger partial charge in [-0.15, -0.1) is 0 Å². The normalized spacial score (nSPS) is 17.7. The van der Waals surface area contributed by atoms with Gasteiger partial charge < -0.3 is 15.7 Å². The third kappa shape index (κ3) is 2.61. The van der Waals surface area contributed by atoms with Gasteiger partial charge in [0.05, 0.1) is 0 Å². The maximum atomic E-state index is 8.89. The quantitative estimate of drug-likeness (QED) is 0.785. The van der Waals surface area contributed by atoms with Gasteiger partial charge in [0.15, 0.2) is 0 Å². The molecular formula is C11H18N4O. The number of aliphatic hydroxyl groups is 1. The second-order valence-corrected chi connectivity index (χ2v) is 4.24. The molecule has 1 aromatic rings. The van der Waals surface area contributed by atoms with Crippen LogP contribution in [-0.2, 0) is 0 Å². The van der Waals surface area contributed by atoms with Crippen molar-refractivity contribution in [3.63, 3.8) is 0 Å². The maximum Gasteiger partial charge on any atom is 0.134 e. The summed E-state index contributed by atoms with van der Waals surface area (Å²) in [5.74, 6) is 2.08. The molecule has 0 aliphatic carbocycles. The van der Waals surface area contributed by atoms with Gasteiger partial charge in [-0.1, -0.05) is 0 Å². The van der Waals surface area contributed by atoms with Gasteiger partial charge in [-0.25, -0.2) is 9.97 Å². The Hall–Kier alpha value is -1.36. The number of nitrogens with zero attached hydrogens (tertiary/aromatic N) is 3. The Morgan fingerprint density at radius 3 is 2.75 bits per heavy atom. The van der Waals surface area contributed by atoms with Crippen molar-refractivity contribution >= 4 is 11.6 Å². The van der Waals surface area contributed by atoms with Gasteiger partial charge in [-0.2, -0.15) is 0 Å². The van der Waals surface area contributed by atoms with Crippen LogP contribution in [0.4, 0.5) is 11.6 Å². The van der Waals surface area contributed by atoms with Crippen LogP contribution >= 0.6 is 0 Å². The van der Waals surface area contributed by atoms with Crippen molar-refractivity contribution in [1.29, 1.82) is 0 Å². The van der Waals surface area contributed by atoms with E-state index in [-0.39, 0.29) is 0 Å². The van der Waals surface area contributed by atoms with E-state index in [1.54, 1.807) is 0 Å². The van der Waals surface area contributed by atoms with E-state index in [0.717, 1.165) is 38.2 Å². The van der Waals surface area contributed by atoms with Crippen molar-refractivity contribution < 1.29 is 5.11 Å². The van der Waals surface area contributed by atoms with E-state index in [4.69, 9.17) is 10.8 Å². The van der Waals surface area contributed by atoms with Gasteiger partial charge in [-0.05, 0) is 25.2 Å². The Morgan fingerprint density at radius 1 is 1.38 bits per heavy atom. The number of nitrogen functional groups attached to an aromatic ring is 1. The molecule has 0 bridgehead atoms. The number of rotatable bonds is 3. The Kier molecular flexibility index (Phi) is 3.56. The van der Waals surface area contributed by atoms with E-state index in [0.29, 0.717) is 18.3 Å². The number of anilines is 2. The fourth-order valence-corrected chi connectivity index (χ4v) is 2.17. The first-order valence-electron chi connectivity index (χ1n) is 5.73. The average molecular weight is 222 g/mol. The van der Waals surface area contributed by atoms with E-state index >= 15 is 0 Å². The van der Waals surface area contributed by atoms with Crippen molar-refractivity contribution in [2.24, 2.45) is 5.92 Å². The lowest BCUT2D eigenvalue weighted by atomic mass is 9.94. The lowest BCUT2D eigenvalue weighted by Crippen LogP contribution is -2.34. The molecule has 1 aliphatic heterocycles. The minimum atomic E-state index is 0.297. The minimum Gasteiger partial charge on any atom is -0.396 e. The van der Waals surface area contributed by atoms with Crippen LogP contribution in [-0.4, -0.2) is 34.8 Å². The summed E-state index contributed by atoms with van der Waals surface area (Å²) in [4.78, 5) is 10.3. The standard InChI is InChI=1S/C11H18N4O/c12-10-7-11(14-8-13-10)15-4-1-9(2-5-15)3-6-16/h7-9,16H,1-6H2,(H2,12,13,14). The summed E-state index contributed by atoms with van der Waals surface area (Å²) in [6, 6.07) is 1.81. The summed E-state index contributed by atoms with van der Waals surface area (Å²) < 4.78 is 0. The second-order valence-electron chi connectivity index (χ2n) is 4.24. The molecule has 5 heteroatoms. The third-order valence-corrected chi connectivity index (χ3v) is 3.15. The molecule has 1 aliphatic rings. The first-order chi connectivity index (χ1) is 7.79. The molecule has 1 fully saturated rings. The van der Waals surface area contributed by atoms with Gasteiger partial charge >= 0.3 is 0 Å². The highest BCUT2D eigenvalue weighted by molar-refractivity contribution is 5.46. The number of hydrogen-bond acceptors (Lipinski definition) is 5. The lowest BCUT2D eigenvalue weighted by Gasteiger charge is -2.32. The molecule has 2 rings (SSSR count). The predicted octanol–water partition coefficient (Wildman–Crippen LogP) is 0.658. The van der Waals surface area contributed by atoms with E-state index in [9.17, 15) is 0 Å². The van der Waals surface area contributed by atoms with Crippen LogP contribution in [0, 0.1) is 5.92 Å². The highest BCUT2D eigenvalue weighted by atomic mass is 16.3. The predicted molar refractivity (Wildman–Crippen MR) is 63.1 cm³/mol. The van der Waals surface area contributed by atoms with Crippen LogP contribution in [0.15, 0.2) is 12.4 Å². The molecule has 2 heterocycles. The first-order valence-corrected chi connectivity index (χ1v) is 5.73. The number of aliphatic hydroxyl groups excluding tert-OH is 1. The monoisotopic (exact) mass is 222 g/mol. The summed E-state index contributed by atoms with van der Waals surface area (Å²) in [5.41, 5.74) is 5.63. The second kappa shape index (κ2) is 5.12. The van der Waals surface area contributed by atoms with E-state index < -0.39 is 0 Å². The van der Waals surface area contributed by atoms with E-state index in [2.05, 4.69) is 14.9 Å². The molecule has 1 saturated heterocycles. The Balaban J connectivity index is 1.94. The summed E-state index contributed by atoms with van der Waals surface area (Å²) in [6.45, 7) is 2.27. The largest absolute Gasteiger partial charge is 0.396 e. The number of piperidine rings is 1. The fraction of sp³-hybridized carbons (Fsp3) is 0.636. The molecule has 0 spiro atoms. The van der Waals surface area contributed by atoms with Crippen molar-refractivity contribution in [1.82, 2.24) is 9.97 Å².